The van der Waals surface area contributed by atoms with Crippen LogP contribution in [0.5, 0.6) is 5.75 Å². The van der Waals surface area contributed by atoms with E-state index in [9.17, 15) is 10.1 Å². The largest absolute Gasteiger partial charge is 0.486 e. The van der Waals surface area contributed by atoms with Crippen LogP contribution in [0.3, 0.4) is 0 Å². The maximum absolute atomic E-state index is 10.9. The third-order valence-electron chi connectivity index (χ3n) is 2.31. The smallest absolute Gasteiger partial charge is 0.313 e. The number of hydrogen-bond acceptors (Lipinski definition) is 4. The first kappa shape index (κ1) is 16.2. The molecule has 0 saturated heterocycles. The highest BCUT2D eigenvalue weighted by Gasteiger charge is 2.19. The minimum atomic E-state index is -0.502. The highest BCUT2D eigenvalue weighted by atomic mass is 79.9. The molecule has 0 spiro atoms. The molecule has 0 saturated carbocycles. The van der Waals surface area contributed by atoms with Crippen molar-refractivity contribution >= 4 is 33.2 Å². The third-order valence-corrected chi connectivity index (χ3v) is 3.11. The van der Waals surface area contributed by atoms with Crippen molar-refractivity contribution in [3.05, 3.63) is 31.7 Å². The molecule has 0 bridgehead atoms. The van der Waals surface area contributed by atoms with Crippen molar-refractivity contribution in [2.75, 3.05) is 13.2 Å². The molecule has 1 aromatic rings. The van der Waals surface area contributed by atoms with E-state index in [1.54, 1.807) is 6.07 Å². The fourth-order valence-electron chi connectivity index (χ4n) is 1.46. The molecule has 0 fully saturated rings. The number of halogens is 2. The van der Waals surface area contributed by atoms with Gasteiger partial charge in [-0.1, -0.05) is 25.4 Å². The van der Waals surface area contributed by atoms with Crippen molar-refractivity contribution in [2.24, 2.45) is 0 Å². The molecule has 0 atom stereocenters. The van der Waals surface area contributed by atoms with Crippen molar-refractivity contribution in [1.29, 1.82) is 0 Å². The number of nitrogens with one attached hydrogen (secondary N) is 1. The SMILES string of the molecule is CC(C)NCCCOc1c(Br)cc(Cl)cc1[N+](=O)[O-]. The molecule has 0 aliphatic carbocycles. The van der Waals surface area contributed by atoms with Crippen LogP contribution in [0.1, 0.15) is 20.3 Å². The van der Waals surface area contributed by atoms with Gasteiger partial charge in [0.1, 0.15) is 0 Å². The molecule has 0 aromatic heterocycles. The second kappa shape index (κ2) is 7.67. The summed E-state index contributed by atoms with van der Waals surface area (Å²) in [5.41, 5.74) is -0.129. The van der Waals surface area contributed by atoms with Gasteiger partial charge in [-0.3, -0.25) is 10.1 Å². The van der Waals surface area contributed by atoms with E-state index in [1.165, 1.54) is 6.07 Å². The first-order valence-corrected chi connectivity index (χ1v) is 7.08. The lowest BCUT2D eigenvalue weighted by molar-refractivity contribution is -0.385. The van der Waals surface area contributed by atoms with E-state index >= 15 is 0 Å². The van der Waals surface area contributed by atoms with E-state index in [-0.39, 0.29) is 11.4 Å². The standard InChI is InChI=1S/C12H16BrClN2O3/c1-8(2)15-4-3-5-19-12-10(13)6-9(14)7-11(12)16(17)18/h6-8,15H,3-5H2,1-2H3. The van der Waals surface area contributed by atoms with E-state index < -0.39 is 4.92 Å². The summed E-state index contributed by atoms with van der Waals surface area (Å²) in [6.45, 7) is 5.32. The van der Waals surface area contributed by atoms with Gasteiger partial charge in [-0.25, -0.2) is 0 Å². The topological polar surface area (TPSA) is 64.4 Å². The Morgan fingerprint density at radius 1 is 1.53 bits per heavy atom. The van der Waals surface area contributed by atoms with Gasteiger partial charge in [-0.15, -0.1) is 0 Å². The fraction of sp³-hybridized carbons (Fsp3) is 0.500. The summed E-state index contributed by atoms with van der Waals surface area (Å²) in [7, 11) is 0. The van der Waals surface area contributed by atoms with Gasteiger partial charge in [0, 0.05) is 17.1 Å². The zero-order valence-electron chi connectivity index (χ0n) is 10.8. The number of nitro groups is 1. The number of nitrogens with zero attached hydrogens (tertiary/aromatic N) is 1. The summed E-state index contributed by atoms with van der Waals surface area (Å²) in [6, 6.07) is 3.28. The van der Waals surface area contributed by atoms with Gasteiger partial charge >= 0.3 is 5.69 Å². The minimum absolute atomic E-state index is 0.129. The predicted octanol–water partition coefficient (Wildman–Crippen LogP) is 3.78. The Bertz CT molecular complexity index is 455. The third kappa shape index (κ3) is 5.34. The molecule has 5 nitrogen and oxygen atoms in total. The van der Waals surface area contributed by atoms with Gasteiger partial charge in [0.25, 0.3) is 0 Å². The summed E-state index contributed by atoms with van der Waals surface area (Å²) in [5, 5.41) is 14.5. The molecule has 7 heteroatoms. The van der Waals surface area contributed by atoms with Crippen LogP contribution >= 0.6 is 27.5 Å². The predicted molar refractivity (Wildman–Crippen MR) is 79.1 cm³/mol. The Labute approximate surface area is 125 Å². The highest BCUT2D eigenvalue weighted by molar-refractivity contribution is 9.10. The van der Waals surface area contributed by atoms with Gasteiger partial charge in [0.15, 0.2) is 0 Å². The van der Waals surface area contributed by atoms with E-state index in [4.69, 9.17) is 16.3 Å². The van der Waals surface area contributed by atoms with Gasteiger partial charge in [0.2, 0.25) is 5.75 Å². The first-order chi connectivity index (χ1) is 8.91. The average Bonchev–Trinajstić information content (AvgIpc) is 2.29. The highest BCUT2D eigenvalue weighted by Crippen LogP contribution is 2.37. The molecule has 1 aromatic carbocycles. The zero-order valence-corrected chi connectivity index (χ0v) is 13.1. The molecule has 0 unspecified atom stereocenters. The van der Waals surface area contributed by atoms with Crippen LogP contribution in [0.15, 0.2) is 16.6 Å². The summed E-state index contributed by atoms with van der Waals surface area (Å²) < 4.78 is 5.97. The second-order valence-electron chi connectivity index (χ2n) is 4.30. The Kier molecular flexibility index (Phi) is 6.54. The lowest BCUT2D eigenvalue weighted by Crippen LogP contribution is -2.24. The van der Waals surface area contributed by atoms with Crippen LogP contribution < -0.4 is 10.1 Å². The minimum Gasteiger partial charge on any atom is -0.486 e. The van der Waals surface area contributed by atoms with Crippen molar-refractivity contribution < 1.29 is 9.66 Å². The number of ether oxygens (including phenoxy) is 1. The van der Waals surface area contributed by atoms with Crippen molar-refractivity contribution in [3.8, 4) is 5.75 Å². The van der Waals surface area contributed by atoms with Crippen molar-refractivity contribution in [3.63, 3.8) is 0 Å². The maximum atomic E-state index is 10.9. The number of hydrogen-bond donors (Lipinski definition) is 1. The summed E-state index contributed by atoms with van der Waals surface area (Å²) in [6.07, 6.45) is 0.768. The molecule has 19 heavy (non-hydrogen) atoms. The second-order valence-corrected chi connectivity index (χ2v) is 5.59. The van der Waals surface area contributed by atoms with Gasteiger partial charge < -0.3 is 10.1 Å². The van der Waals surface area contributed by atoms with E-state index in [2.05, 4.69) is 35.1 Å². The average molecular weight is 352 g/mol. The molecular weight excluding hydrogens is 336 g/mol. The van der Waals surface area contributed by atoms with Crippen LogP contribution in [0, 0.1) is 10.1 Å². The van der Waals surface area contributed by atoms with Crippen LogP contribution in [-0.4, -0.2) is 24.1 Å². The van der Waals surface area contributed by atoms with Gasteiger partial charge in [0.05, 0.1) is 16.0 Å². The van der Waals surface area contributed by atoms with E-state index in [0.29, 0.717) is 22.1 Å². The summed E-state index contributed by atoms with van der Waals surface area (Å²) >= 11 is 9.01. The van der Waals surface area contributed by atoms with E-state index in [0.717, 1.165) is 13.0 Å². The van der Waals surface area contributed by atoms with Crippen molar-refractivity contribution in [2.45, 2.75) is 26.3 Å². The molecule has 106 valence electrons. The lowest BCUT2D eigenvalue weighted by Gasteiger charge is -2.10. The normalized spacial score (nSPS) is 10.8. The van der Waals surface area contributed by atoms with Crippen LogP contribution in [0.4, 0.5) is 5.69 Å². The molecule has 0 aliphatic heterocycles. The van der Waals surface area contributed by atoms with Crippen LogP contribution in [0.25, 0.3) is 0 Å². The van der Waals surface area contributed by atoms with Crippen molar-refractivity contribution in [1.82, 2.24) is 5.32 Å². The fourth-order valence-corrected chi connectivity index (χ4v) is 2.37. The quantitative estimate of drug-likeness (QED) is 0.461. The Hall–Kier alpha value is -0.850. The van der Waals surface area contributed by atoms with Crippen LogP contribution in [-0.2, 0) is 0 Å². The Balaban J connectivity index is 2.64. The molecule has 0 amide bonds. The maximum Gasteiger partial charge on any atom is 0.313 e. The lowest BCUT2D eigenvalue weighted by atomic mass is 10.3. The Morgan fingerprint density at radius 2 is 2.21 bits per heavy atom. The van der Waals surface area contributed by atoms with Crippen LogP contribution in [0.2, 0.25) is 5.02 Å². The zero-order chi connectivity index (χ0) is 14.4. The molecule has 0 heterocycles. The molecule has 1 N–H and O–H groups in total. The molecule has 0 radical (unpaired) electrons. The summed E-state index contributed by atoms with van der Waals surface area (Å²) in [5.74, 6) is 0.221. The molecular formula is C12H16BrClN2O3. The van der Waals surface area contributed by atoms with Gasteiger partial charge in [-0.2, -0.15) is 0 Å². The molecule has 0 aliphatic rings. The first-order valence-electron chi connectivity index (χ1n) is 5.91. The monoisotopic (exact) mass is 350 g/mol. The van der Waals surface area contributed by atoms with E-state index in [1.807, 2.05) is 0 Å². The number of nitro benzene ring substituents is 1. The number of rotatable bonds is 7. The summed E-state index contributed by atoms with van der Waals surface area (Å²) in [4.78, 5) is 10.4. The Morgan fingerprint density at radius 3 is 2.79 bits per heavy atom. The number of benzene rings is 1. The molecule has 1 rings (SSSR count). The van der Waals surface area contributed by atoms with Gasteiger partial charge in [-0.05, 0) is 35.0 Å².